The number of methoxy groups -OCH3 is 1. The van der Waals surface area contributed by atoms with Crippen LogP contribution in [0.3, 0.4) is 0 Å². The van der Waals surface area contributed by atoms with Gasteiger partial charge >= 0.3 is 5.97 Å². The van der Waals surface area contributed by atoms with Crippen molar-refractivity contribution in [2.45, 2.75) is 45.7 Å². The van der Waals surface area contributed by atoms with Gasteiger partial charge in [-0.25, -0.2) is 4.68 Å². The van der Waals surface area contributed by atoms with Crippen molar-refractivity contribution in [3.05, 3.63) is 21.0 Å². The number of aromatic nitrogens is 2. The monoisotopic (exact) mass is 345 g/mol. The molecule has 0 saturated heterocycles. The van der Waals surface area contributed by atoms with Crippen molar-refractivity contribution in [2.75, 3.05) is 12.4 Å². The molecule has 0 aliphatic rings. The van der Waals surface area contributed by atoms with Crippen molar-refractivity contribution in [1.82, 2.24) is 9.78 Å². The van der Waals surface area contributed by atoms with Crippen LogP contribution in [0.15, 0.2) is 15.5 Å². The third-order valence-corrected chi connectivity index (χ3v) is 3.65. The molecule has 1 aromatic rings. The fraction of sp³-hybridized carbons (Fsp3) is 0.615. The van der Waals surface area contributed by atoms with E-state index in [0.29, 0.717) is 10.2 Å². The molecule has 0 aromatic carbocycles. The summed E-state index contributed by atoms with van der Waals surface area (Å²) < 4.78 is 5.96. The molecule has 0 aliphatic carbocycles. The molecule has 0 radical (unpaired) electrons. The normalized spacial score (nSPS) is 12.0. The summed E-state index contributed by atoms with van der Waals surface area (Å²) in [4.78, 5) is 23.2. The SMILES string of the molecule is CCCCC(C)Nc1cnn(CC(=O)OC)c(=O)c1Br. The predicted octanol–water partition coefficient (Wildman–Crippen LogP) is 2.17. The molecule has 0 saturated carbocycles. The van der Waals surface area contributed by atoms with Gasteiger partial charge < -0.3 is 10.1 Å². The van der Waals surface area contributed by atoms with Crippen LogP contribution in [0.25, 0.3) is 0 Å². The Kier molecular flexibility index (Phi) is 6.70. The van der Waals surface area contributed by atoms with Gasteiger partial charge in [0.05, 0.1) is 19.0 Å². The zero-order valence-electron chi connectivity index (χ0n) is 12.0. The molecule has 1 heterocycles. The van der Waals surface area contributed by atoms with E-state index >= 15 is 0 Å². The molecule has 6 nitrogen and oxygen atoms in total. The molecule has 7 heteroatoms. The Morgan fingerprint density at radius 2 is 2.30 bits per heavy atom. The van der Waals surface area contributed by atoms with E-state index in [1.165, 1.54) is 13.3 Å². The Bertz CT molecular complexity index is 516. The first-order valence-electron chi connectivity index (χ1n) is 6.58. The molecule has 1 N–H and O–H groups in total. The van der Waals surface area contributed by atoms with E-state index in [2.05, 4.69) is 44.9 Å². The van der Waals surface area contributed by atoms with Gasteiger partial charge in [-0.3, -0.25) is 9.59 Å². The van der Waals surface area contributed by atoms with Gasteiger partial charge in [0.1, 0.15) is 11.0 Å². The smallest absolute Gasteiger partial charge is 0.327 e. The van der Waals surface area contributed by atoms with Crippen LogP contribution in [0.4, 0.5) is 5.69 Å². The number of ether oxygens (including phenoxy) is 1. The van der Waals surface area contributed by atoms with Crippen molar-refractivity contribution >= 4 is 27.6 Å². The largest absolute Gasteiger partial charge is 0.468 e. The number of nitrogens with zero attached hydrogens (tertiary/aromatic N) is 2. The number of esters is 1. The molecule has 1 atom stereocenters. The number of carbonyl (C=O) groups excluding carboxylic acids is 1. The summed E-state index contributed by atoms with van der Waals surface area (Å²) in [5.74, 6) is -0.511. The topological polar surface area (TPSA) is 73.2 Å². The lowest BCUT2D eigenvalue weighted by Gasteiger charge is -2.16. The first-order valence-corrected chi connectivity index (χ1v) is 7.37. The number of nitrogens with one attached hydrogen (secondary N) is 1. The number of unbranched alkanes of at least 4 members (excludes halogenated alkanes) is 1. The van der Waals surface area contributed by atoms with Gasteiger partial charge in [0.15, 0.2) is 0 Å². The maximum atomic E-state index is 12.0. The molecule has 112 valence electrons. The van der Waals surface area contributed by atoms with E-state index in [1.54, 1.807) is 0 Å². The van der Waals surface area contributed by atoms with E-state index < -0.39 is 5.97 Å². The van der Waals surface area contributed by atoms with E-state index in [9.17, 15) is 9.59 Å². The van der Waals surface area contributed by atoms with Crippen LogP contribution < -0.4 is 10.9 Å². The molecule has 0 bridgehead atoms. The Labute approximate surface area is 126 Å². The molecular formula is C13H20BrN3O3. The van der Waals surface area contributed by atoms with Gasteiger partial charge in [0.25, 0.3) is 5.56 Å². The number of halogens is 1. The van der Waals surface area contributed by atoms with E-state index in [4.69, 9.17) is 0 Å². The van der Waals surface area contributed by atoms with E-state index in [-0.39, 0.29) is 18.1 Å². The predicted molar refractivity (Wildman–Crippen MR) is 80.8 cm³/mol. The van der Waals surface area contributed by atoms with Crippen LogP contribution in [0.2, 0.25) is 0 Å². The lowest BCUT2D eigenvalue weighted by Crippen LogP contribution is -2.29. The van der Waals surface area contributed by atoms with E-state index in [0.717, 1.165) is 23.9 Å². The fourth-order valence-corrected chi connectivity index (χ4v) is 2.13. The molecular weight excluding hydrogens is 326 g/mol. The zero-order valence-corrected chi connectivity index (χ0v) is 13.6. The highest BCUT2D eigenvalue weighted by Gasteiger charge is 2.13. The third-order valence-electron chi connectivity index (χ3n) is 2.88. The molecule has 1 rings (SSSR count). The second-order valence-corrected chi connectivity index (χ2v) is 5.39. The summed E-state index contributed by atoms with van der Waals surface area (Å²) in [5.41, 5.74) is 0.280. The average molecular weight is 346 g/mol. The van der Waals surface area contributed by atoms with Gasteiger partial charge in [0, 0.05) is 6.04 Å². The molecule has 0 amide bonds. The highest BCUT2D eigenvalue weighted by atomic mass is 79.9. The van der Waals surface area contributed by atoms with Crippen molar-refractivity contribution in [3.63, 3.8) is 0 Å². The van der Waals surface area contributed by atoms with Gasteiger partial charge in [-0.15, -0.1) is 0 Å². The van der Waals surface area contributed by atoms with Gasteiger partial charge in [-0.2, -0.15) is 5.10 Å². The van der Waals surface area contributed by atoms with E-state index in [1.807, 2.05) is 0 Å². The van der Waals surface area contributed by atoms with Crippen LogP contribution in [0.1, 0.15) is 33.1 Å². The molecule has 0 fully saturated rings. The van der Waals surface area contributed by atoms with Gasteiger partial charge in [-0.1, -0.05) is 19.8 Å². The van der Waals surface area contributed by atoms with Crippen LogP contribution >= 0.6 is 15.9 Å². The van der Waals surface area contributed by atoms with Crippen molar-refractivity contribution < 1.29 is 9.53 Å². The molecule has 0 aliphatic heterocycles. The van der Waals surface area contributed by atoms with Crippen LogP contribution in [0, 0.1) is 0 Å². The Hall–Kier alpha value is -1.37. The summed E-state index contributed by atoms with van der Waals surface area (Å²) in [6.45, 7) is 4.00. The number of hydrogen-bond acceptors (Lipinski definition) is 5. The number of carbonyl (C=O) groups is 1. The number of anilines is 1. The standard InChI is InChI=1S/C13H20BrN3O3/c1-4-5-6-9(2)16-10-7-15-17(8-11(18)20-3)13(19)12(10)14/h7,9,16H,4-6,8H2,1-3H3. The minimum absolute atomic E-state index is 0.195. The quantitative estimate of drug-likeness (QED) is 0.766. The summed E-state index contributed by atoms with van der Waals surface area (Å²) in [5, 5.41) is 7.21. The van der Waals surface area contributed by atoms with Crippen molar-refractivity contribution in [1.29, 1.82) is 0 Å². The Balaban J connectivity index is 2.83. The maximum Gasteiger partial charge on any atom is 0.327 e. The number of hydrogen-bond donors (Lipinski definition) is 1. The lowest BCUT2D eigenvalue weighted by atomic mass is 10.1. The molecule has 1 aromatic heterocycles. The van der Waals surface area contributed by atoms with Crippen LogP contribution in [0.5, 0.6) is 0 Å². The minimum atomic E-state index is -0.511. The Morgan fingerprint density at radius 1 is 1.60 bits per heavy atom. The first kappa shape index (κ1) is 16.7. The molecule has 20 heavy (non-hydrogen) atoms. The second kappa shape index (κ2) is 8.04. The van der Waals surface area contributed by atoms with Gasteiger partial charge in [-0.05, 0) is 29.3 Å². The molecule has 1 unspecified atom stereocenters. The van der Waals surface area contributed by atoms with Crippen molar-refractivity contribution in [2.24, 2.45) is 0 Å². The Morgan fingerprint density at radius 3 is 2.90 bits per heavy atom. The van der Waals surface area contributed by atoms with Crippen LogP contribution in [-0.2, 0) is 16.1 Å². The second-order valence-electron chi connectivity index (χ2n) is 4.60. The highest BCUT2D eigenvalue weighted by Crippen LogP contribution is 2.18. The first-order chi connectivity index (χ1) is 9.49. The maximum absolute atomic E-state index is 12.0. The fourth-order valence-electron chi connectivity index (χ4n) is 1.71. The highest BCUT2D eigenvalue weighted by molar-refractivity contribution is 9.10. The summed E-state index contributed by atoms with van der Waals surface area (Å²) >= 11 is 3.25. The third kappa shape index (κ3) is 4.63. The van der Waals surface area contributed by atoms with Gasteiger partial charge in [0.2, 0.25) is 0 Å². The minimum Gasteiger partial charge on any atom is -0.468 e. The lowest BCUT2D eigenvalue weighted by molar-refractivity contribution is -0.141. The average Bonchev–Trinajstić information content (AvgIpc) is 2.44. The summed E-state index contributed by atoms with van der Waals surface area (Å²) in [6.07, 6.45) is 4.82. The molecule has 0 spiro atoms. The summed E-state index contributed by atoms with van der Waals surface area (Å²) in [6, 6.07) is 0.254. The summed E-state index contributed by atoms with van der Waals surface area (Å²) in [7, 11) is 1.27. The number of rotatable bonds is 7. The van der Waals surface area contributed by atoms with Crippen molar-refractivity contribution in [3.8, 4) is 0 Å². The zero-order chi connectivity index (χ0) is 15.1. The van der Waals surface area contributed by atoms with Crippen LogP contribution in [-0.4, -0.2) is 28.9 Å².